The fourth-order valence-electron chi connectivity index (χ4n) is 2.21. The standard InChI is InChI=1S/C14H19N3O4S/c1-9(7-12-10(2)16-21-11(12)3)17-22(18,19)14-8-15-6-5-13(14)20-4/h5-6,8-9,17H,7H2,1-4H3. The highest BCUT2D eigenvalue weighted by Crippen LogP contribution is 2.22. The first kappa shape index (κ1) is 16.4. The van der Waals surface area contributed by atoms with Gasteiger partial charge in [0.2, 0.25) is 10.0 Å². The monoisotopic (exact) mass is 325 g/mol. The summed E-state index contributed by atoms with van der Waals surface area (Å²) in [7, 11) is -2.30. The minimum atomic E-state index is -3.72. The Labute approximate surface area is 129 Å². The molecule has 0 amide bonds. The molecule has 0 saturated carbocycles. The Morgan fingerprint density at radius 3 is 2.73 bits per heavy atom. The van der Waals surface area contributed by atoms with E-state index >= 15 is 0 Å². The van der Waals surface area contributed by atoms with Crippen molar-refractivity contribution in [2.75, 3.05) is 7.11 Å². The molecule has 22 heavy (non-hydrogen) atoms. The lowest BCUT2D eigenvalue weighted by atomic mass is 10.1. The number of methoxy groups -OCH3 is 1. The van der Waals surface area contributed by atoms with E-state index in [9.17, 15) is 8.42 Å². The molecule has 1 unspecified atom stereocenters. The highest BCUT2D eigenvalue weighted by molar-refractivity contribution is 7.89. The number of sulfonamides is 1. The fourth-order valence-corrected chi connectivity index (χ4v) is 3.56. The molecule has 8 heteroatoms. The molecular weight excluding hydrogens is 306 g/mol. The zero-order chi connectivity index (χ0) is 16.3. The lowest BCUT2D eigenvalue weighted by Gasteiger charge is -2.15. The largest absolute Gasteiger partial charge is 0.495 e. The van der Waals surface area contributed by atoms with Crippen molar-refractivity contribution in [2.45, 2.75) is 38.1 Å². The summed E-state index contributed by atoms with van der Waals surface area (Å²) in [5.74, 6) is 0.953. The van der Waals surface area contributed by atoms with Crippen LogP contribution in [0.4, 0.5) is 0 Å². The van der Waals surface area contributed by atoms with Gasteiger partial charge in [0.15, 0.2) is 0 Å². The third kappa shape index (κ3) is 3.45. The molecule has 2 aromatic rings. The van der Waals surface area contributed by atoms with Crippen molar-refractivity contribution in [3.8, 4) is 5.75 Å². The summed E-state index contributed by atoms with van der Waals surface area (Å²) in [6.07, 6.45) is 3.23. The van der Waals surface area contributed by atoms with Gasteiger partial charge in [-0.05, 0) is 33.3 Å². The Bertz CT molecular complexity index is 736. The zero-order valence-corrected chi connectivity index (χ0v) is 13.8. The van der Waals surface area contributed by atoms with Gasteiger partial charge in [-0.25, -0.2) is 13.1 Å². The van der Waals surface area contributed by atoms with Crippen LogP contribution < -0.4 is 9.46 Å². The number of nitrogens with zero attached hydrogens (tertiary/aromatic N) is 2. The highest BCUT2D eigenvalue weighted by atomic mass is 32.2. The van der Waals surface area contributed by atoms with Crippen LogP contribution >= 0.6 is 0 Å². The summed E-state index contributed by atoms with van der Waals surface area (Å²) in [5, 5.41) is 3.87. The zero-order valence-electron chi connectivity index (χ0n) is 13.0. The van der Waals surface area contributed by atoms with E-state index in [1.807, 2.05) is 6.92 Å². The van der Waals surface area contributed by atoms with E-state index in [1.54, 1.807) is 13.8 Å². The highest BCUT2D eigenvalue weighted by Gasteiger charge is 2.23. The lowest BCUT2D eigenvalue weighted by Crippen LogP contribution is -2.34. The maximum absolute atomic E-state index is 12.5. The van der Waals surface area contributed by atoms with Crippen LogP contribution in [0.1, 0.15) is 23.9 Å². The van der Waals surface area contributed by atoms with E-state index in [4.69, 9.17) is 9.26 Å². The Morgan fingerprint density at radius 2 is 2.14 bits per heavy atom. The summed E-state index contributed by atoms with van der Waals surface area (Å²) in [6, 6.07) is 1.18. The average molecular weight is 325 g/mol. The molecule has 1 atom stereocenters. The van der Waals surface area contributed by atoms with Crippen molar-refractivity contribution in [3.63, 3.8) is 0 Å². The number of ether oxygens (including phenoxy) is 1. The van der Waals surface area contributed by atoms with Gasteiger partial charge >= 0.3 is 0 Å². The molecule has 0 aliphatic heterocycles. The number of pyridine rings is 1. The first-order valence-corrected chi connectivity index (χ1v) is 8.25. The summed E-state index contributed by atoms with van der Waals surface area (Å²) in [6.45, 7) is 5.42. The van der Waals surface area contributed by atoms with E-state index in [0.29, 0.717) is 12.2 Å². The van der Waals surface area contributed by atoms with Crippen molar-refractivity contribution in [1.82, 2.24) is 14.9 Å². The molecule has 0 aliphatic rings. The molecule has 2 rings (SSSR count). The normalized spacial score (nSPS) is 13.1. The molecule has 7 nitrogen and oxygen atoms in total. The maximum atomic E-state index is 12.5. The molecule has 0 aromatic carbocycles. The number of hydrogen-bond donors (Lipinski definition) is 1. The summed E-state index contributed by atoms with van der Waals surface area (Å²) in [5.41, 5.74) is 1.68. The van der Waals surface area contributed by atoms with Gasteiger partial charge in [0, 0.05) is 17.8 Å². The van der Waals surface area contributed by atoms with Crippen LogP contribution in [0.15, 0.2) is 27.9 Å². The molecule has 120 valence electrons. The molecule has 0 bridgehead atoms. The summed E-state index contributed by atoms with van der Waals surface area (Å²) >= 11 is 0. The maximum Gasteiger partial charge on any atom is 0.246 e. The van der Waals surface area contributed by atoms with Gasteiger partial charge < -0.3 is 9.26 Å². The third-order valence-corrected chi connectivity index (χ3v) is 4.90. The van der Waals surface area contributed by atoms with Gasteiger partial charge in [-0.15, -0.1) is 0 Å². The van der Waals surface area contributed by atoms with E-state index < -0.39 is 10.0 Å². The van der Waals surface area contributed by atoms with Crippen molar-refractivity contribution < 1.29 is 17.7 Å². The van der Waals surface area contributed by atoms with Gasteiger partial charge in [-0.3, -0.25) is 4.98 Å². The Hall–Kier alpha value is -1.93. The van der Waals surface area contributed by atoms with E-state index in [2.05, 4.69) is 14.9 Å². The minimum Gasteiger partial charge on any atom is -0.495 e. The molecule has 0 aliphatic carbocycles. The predicted octanol–water partition coefficient (Wildman–Crippen LogP) is 1.60. The van der Waals surface area contributed by atoms with Crippen LogP contribution in [-0.2, 0) is 16.4 Å². The average Bonchev–Trinajstić information content (AvgIpc) is 2.78. The second kappa shape index (κ2) is 6.45. The first-order valence-electron chi connectivity index (χ1n) is 6.77. The van der Waals surface area contributed by atoms with Gasteiger partial charge in [0.25, 0.3) is 0 Å². The number of rotatable bonds is 6. The van der Waals surface area contributed by atoms with Crippen LogP contribution in [0.2, 0.25) is 0 Å². The topological polar surface area (TPSA) is 94.3 Å². The van der Waals surface area contributed by atoms with Crippen molar-refractivity contribution >= 4 is 10.0 Å². The summed E-state index contributed by atoms with van der Waals surface area (Å²) in [4.78, 5) is 3.86. The van der Waals surface area contributed by atoms with Crippen molar-refractivity contribution in [3.05, 3.63) is 35.5 Å². The number of nitrogens with one attached hydrogen (secondary N) is 1. The molecule has 1 N–H and O–H groups in total. The van der Waals surface area contributed by atoms with Gasteiger partial charge in [-0.2, -0.15) is 0 Å². The first-order chi connectivity index (χ1) is 10.3. The summed E-state index contributed by atoms with van der Waals surface area (Å²) < 4.78 is 37.7. The predicted molar refractivity (Wildman–Crippen MR) is 80.3 cm³/mol. The SMILES string of the molecule is COc1ccncc1S(=O)(=O)NC(C)Cc1c(C)noc1C. The molecule has 2 heterocycles. The van der Waals surface area contributed by atoms with Crippen LogP contribution in [0, 0.1) is 13.8 Å². The molecule has 0 spiro atoms. The van der Waals surface area contributed by atoms with Crippen LogP contribution in [-0.4, -0.2) is 31.7 Å². The third-order valence-electron chi connectivity index (χ3n) is 3.30. The van der Waals surface area contributed by atoms with Crippen molar-refractivity contribution in [1.29, 1.82) is 0 Å². The van der Waals surface area contributed by atoms with Crippen LogP contribution in [0.5, 0.6) is 5.75 Å². The smallest absolute Gasteiger partial charge is 0.246 e. The van der Waals surface area contributed by atoms with Gasteiger partial charge in [0.1, 0.15) is 16.4 Å². The second-order valence-electron chi connectivity index (χ2n) is 5.06. The Morgan fingerprint density at radius 1 is 1.41 bits per heavy atom. The molecule has 0 fully saturated rings. The Kier molecular flexibility index (Phi) is 4.82. The molecular formula is C14H19N3O4S. The number of hydrogen-bond acceptors (Lipinski definition) is 6. The second-order valence-corrected chi connectivity index (χ2v) is 6.74. The number of aryl methyl sites for hydroxylation is 2. The lowest BCUT2D eigenvalue weighted by molar-refractivity contribution is 0.391. The van der Waals surface area contributed by atoms with E-state index in [-0.39, 0.29) is 16.7 Å². The quantitative estimate of drug-likeness (QED) is 0.867. The number of aromatic nitrogens is 2. The minimum absolute atomic E-state index is 0.0168. The van der Waals surface area contributed by atoms with Crippen LogP contribution in [0.25, 0.3) is 0 Å². The molecule has 2 aromatic heterocycles. The van der Waals surface area contributed by atoms with Crippen LogP contribution in [0.3, 0.4) is 0 Å². The van der Waals surface area contributed by atoms with Gasteiger partial charge in [-0.1, -0.05) is 5.16 Å². The van der Waals surface area contributed by atoms with E-state index in [0.717, 1.165) is 11.3 Å². The van der Waals surface area contributed by atoms with E-state index in [1.165, 1.54) is 25.6 Å². The molecule has 0 saturated heterocycles. The molecule has 0 radical (unpaired) electrons. The fraction of sp³-hybridized carbons (Fsp3) is 0.429. The van der Waals surface area contributed by atoms with Gasteiger partial charge in [0.05, 0.1) is 19.0 Å². The van der Waals surface area contributed by atoms with Crippen molar-refractivity contribution in [2.24, 2.45) is 0 Å². The Balaban J connectivity index is 2.18.